The molecule has 6 heteroatoms. The molecule has 15 heavy (non-hydrogen) atoms. The van der Waals surface area contributed by atoms with Crippen molar-refractivity contribution in [2.75, 3.05) is 6.54 Å². The van der Waals surface area contributed by atoms with Crippen LogP contribution in [-0.2, 0) is 16.6 Å². The maximum Gasteiger partial charge on any atom is 0.216 e. The van der Waals surface area contributed by atoms with Crippen molar-refractivity contribution >= 4 is 10.0 Å². The molecule has 0 radical (unpaired) electrons. The molecule has 0 aliphatic rings. The molecular weight excluding hydrogens is 216 g/mol. The molecule has 1 unspecified atom stereocenters. The van der Waals surface area contributed by atoms with Gasteiger partial charge in [-0.15, -0.1) is 0 Å². The van der Waals surface area contributed by atoms with E-state index in [2.05, 4.69) is 4.72 Å². The Balaban J connectivity index is 2.57. The smallest absolute Gasteiger partial charge is 0.216 e. The lowest BCUT2D eigenvalue weighted by Crippen LogP contribution is -2.38. The van der Waals surface area contributed by atoms with E-state index in [1.807, 2.05) is 0 Å². The van der Waals surface area contributed by atoms with Crippen molar-refractivity contribution in [1.82, 2.24) is 4.72 Å². The molecule has 0 fully saturated rings. The normalized spacial score (nSPS) is 14.0. The molecule has 0 aliphatic heterocycles. The van der Waals surface area contributed by atoms with Crippen molar-refractivity contribution in [2.45, 2.75) is 25.1 Å². The maximum atomic E-state index is 11.7. The van der Waals surface area contributed by atoms with Crippen LogP contribution in [0, 0.1) is 0 Å². The minimum absolute atomic E-state index is 0.136. The monoisotopic (exact) mass is 232 g/mol. The third kappa shape index (κ3) is 3.33. The highest BCUT2D eigenvalue weighted by molar-refractivity contribution is 7.90. The summed E-state index contributed by atoms with van der Waals surface area (Å²) in [6, 6.07) is 1.71. The van der Waals surface area contributed by atoms with Crippen LogP contribution in [0.2, 0.25) is 0 Å². The number of furan rings is 1. The fourth-order valence-corrected chi connectivity index (χ4v) is 2.50. The van der Waals surface area contributed by atoms with Crippen LogP contribution < -0.4 is 10.5 Å². The Morgan fingerprint density at radius 3 is 2.80 bits per heavy atom. The van der Waals surface area contributed by atoms with Crippen LogP contribution in [-0.4, -0.2) is 20.2 Å². The van der Waals surface area contributed by atoms with Crippen LogP contribution in [0.4, 0.5) is 0 Å². The van der Waals surface area contributed by atoms with Gasteiger partial charge < -0.3 is 10.2 Å². The molecule has 1 aromatic rings. The number of nitrogens with one attached hydrogen (secondary N) is 1. The van der Waals surface area contributed by atoms with Gasteiger partial charge in [-0.25, -0.2) is 13.1 Å². The van der Waals surface area contributed by atoms with E-state index in [4.69, 9.17) is 10.2 Å². The van der Waals surface area contributed by atoms with Gasteiger partial charge in [0.1, 0.15) is 0 Å². The van der Waals surface area contributed by atoms with Gasteiger partial charge in [-0.2, -0.15) is 0 Å². The molecule has 0 saturated carbocycles. The van der Waals surface area contributed by atoms with Crippen molar-refractivity contribution in [3.63, 3.8) is 0 Å². The summed E-state index contributed by atoms with van der Waals surface area (Å²) in [6.45, 7) is 2.18. The maximum absolute atomic E-state index is 11.7. The number of hydrogen-bond donors (Lipinski definition) is 2. The van der Waals surface area contributed by atoms with Crippen LogP contribution >= 0.6 is 0 Å². The highest BCUT2D eigenvalue weighted by Gasteiger charge is 2.21. The van der Waals surface area contributed by atoms with Crippen LogP contribution in [0.3, 0.4) is 0 Å². The predicted molar refractivity (Wildman–Crippen MR) is 57.6 cm³/mol. The first-order valence-electron chi connectivity index (χ1n) is 4.79. The molecule has 86 valence electrons. The number of nitrogens with two attached hydrogens (primary N) is 1. The molecule has 1 atom stereocenters. The third-order valence-electron chi connectivity index (χ3n) is 2.21. The van der Waals surface area contributed by atoms with Gasteiger partial charge in [0.25, 0.3) is 0 Å². The molecule has 0 spiro atoms. The molecule has 0 aliphatic carbocycles. The highest BCUT2D eigenvalue weighted by Crippen LogP contribution is 2.05. The topological polar surface area (TPSA) is 85.3 Å². The lowest BCUT2D eigenvalue weighted by molar-refractivity contribution is 0.555. The summed E-state index contributed by atoms with van der Waals surface area (Å²) in [6.07, 6.45) is 3.52. The van der Waals surface area contributed by atoms with E-state index < -0.39 is 15.3 Å². The van der Waals surface area contributed by atoms with Gasteiger partial charge in [0.05, 0.1) is 17.8 Å². The average Bonchev–Trinajstić information content (AvgIpc) is 2.69. The summed E-state index contributed by atoms with van der Waals surface area (Å²) in [5.41, 5.74) is 6.18. The Labute approximate surface area is 89.7 Å². The molecule has 5 nitrogen and oxygen atoms in total. The van der Waals surface area contributed by atoms with E-state index >= 15 is 0 Å². The average molecular weight is 232 g/mol. The zero-order valence-corrected chi connectivity index (χ0v) is 9.46. The third-order valence-corrected chi connectivity index (χ3v) is 4.16. The Kier molecular flexibility index (Phi) is 4.31. The van der Waals surface area contributed by atoms with Crippen LogP contribution in [0.1, 0.15) is 18.9 Å². The minimum Gasteiger partial charge on any atom is -0.472 e. The molecular formula is C9H16N2O3S. The number of rotatable bonds is 6. The SMILES string of the molecule is CCC(CN)S(=O)(=O)NCc1ccoc1. The van der Waals surface area contributed by atoms with Gasteiger partial charge in [-0.05, 0) is 12.5 Å². The van der Waals surface area contributed by atoms with Crippen LogP contribution in [0.25, 0.3) is 0 Å². The van der Waals surface area contributed by atoms with Crippen LogP contribution in [0.15, 0.2) is 23.0 Å². The minimum atomic E-state index is -3.32. The Morgan fingerprint density at radius 2 is 2.33 bits per heavy atom. The van der Waals surface area contributed by atoms with Crippen molar-refractivity contribution in [1.29, 1.82) is 0 Å². The second kappa shape index (κ2) is 5.29. The van der Waals surface area contributed by atoms with E-state index in [9.17, 15) is 8.42 Å². The fraction of sp³-hybridized carbons (Fsp3) is 0.556. The first-order chi connectivity index (χ1) is 7.10. The second-order valence-corrected chi connectivity index (χ2v) is 5.31. The van der Waals surface area contributed by atoms with Crippen molar-refractivity contribution in [2.24, 2.45) is 5.73 Å². The van der Waals surface area contributed by atoms with E-state index in [1.54, 1.807) is 13.0 Å². The van der Waals surface area contributed by atoms with Crippen molar-refractivity contribution < 1.29 is 12.8 Å². The van der Waals surface area contributed by atoms with Crippen molar-refractivity contribution in [3.05, 3.63) is 24.2 Å². The summed E-state index contributed by atoms with van der Waals surface area (Å²) in [7, 11) is -3.32. The summed E-state index contributed by atoms with van der Waals surface area (Å²) in [4.78, 5) is 0. The van der Waals surface area contributed by atoms with Crippen LogP contribution in [0.5, 0.6) is 0 Å². The van der Waals surface area contributed by atoms with E-state index in [-0.39, 0.29) is 13.1 Å². The lowest BCUT2D eigenvalue weighted by Gasteiger charge is -2.13. The summed E-state index contributed by atoms with van der Waals surface area (Å²) in [5.74, 6) is 0. The summed E-state index contributed by atoms with van der Waals surface area (Å²) >= 11 is 0. The summed E-state index contributed by atoms with van der Waals surface area (Å²) < 4.78 is 30.7. The molecule has 0 amide bonds. The Bertz CT molecular complexity index is 368. The van der Waals surface area contributed by atoms with E-state index in [0.29, 0.717) is 6.42 Å². The molecule has 1 heterocycles. The van der Waals surface area contributed by atoms with Gasteiger partial charge in [-0.1, -0.05) is 6.92 Å². The number of sulfonamides is 1. The second-order valence-electron chi connectivity index (χ2n) is 3.26. The first-order valence-corrected chi connectivity index (χ1v) is 6.34. The van der Waals surface area contributed by atoms with Crippen molar-refractivity contribution in [3.8, 4) is 0 Å². The zero-order chi connectivity index (χ0) is 11.3. The molecule has 1 aromatic heterocycles. The van der Waals surface area contributed by atoms with Gasteiger partial charge >= 0.3 is 0 Å². The Morgan fingerprint density at radius 1 is 1.60 bits per heavy atom. The Hall–Kier alpha value is -0.850. The largest absolute Gasteiger partial charge is 0.472 e. The van der Waals surface area contributed by atoms with Gasteiger partial charge in [0.15, 0.2) is 0 Å². The zero-order valence-electron chi connectivity index (χ0n) is 8.64. The lowest BCUT2D eigenvalue weighted by atomic mass is 10.3. The predicted octanol–water partition coefficient (Wildman–Crippen LogP) is 0.436. The first kappa shape index (κ1) is 12.2. The van der Waals surface area contributed by atoms with Gasteiger partial charge in [0.2, 0.25) is 10.0 Å². The van der Waals surface area contributed by atoms with Gasteiger partial charge in [0, 0.05) is 18.7 Å². The fourth-order valence-electron chi connectivity index (χ4n) is 1.21. The highest BCUT2D eigenvalue weighted by atomic mass is 32.2. The molecule has 0 bridgehead atoms. The quantitative estimate of drug-likeness (QED) is 0.745. The summed E-state index contributed by atoms with van der Waals surface area (Å²) in [5, 5.41) is -0.524. The molecule has 1 rings (SSSR count). The molecule has 0 aromatic carbocycles. The molecule has 0 saturated heterocycles. The van der Waals surface area contributed by atoms with E-state index in [0.717, 1.165) is 5.56 Å². The van der Waals surface area contributed by atoms with E-state index in [1.165, 1.54) is 12.5 Å². The standard InChI is InChI=1S/C9H16N2O3S/c1-2-9(5-10)15(12,13)11-6-8-3-4-14-7-8/h3-4,7,9,11H,2,5-6,10H2,1H3. The van der Waals surface area contributed by atoms with Gasteiger partial charge in [-0.3, -0.25) is 0 Å². The number of hydrogen-bond acceptors (Lipinski definition) is 4. The molecule has 3 N–H and O–H groups in total.